The van der Waals surface area contributed by atoms with Crippen LogP contribution in [-0.4, -0.2) is 65.6 Å². The van der Waals surface area contributed by atoms with Crippen molar-refractivity contribution in [2.24, 2.45) is 0 Å². The first-order valence-corrected chi connectivity index (χ1v) is 13.0. The second-order valence-corrected chi connectivity index (χ2v) is 12.8. The second kappa shape index (κ2) is 13.5. The third-order valence-electron chi connectivity index (χ3n) is 5.17. The van der Waals surface area contributed by atoms with Crippen LogP contribution < -0.4 is 10.4 Å². The Bertz CT molecular complexity index is 737. The lowest BCUT2D eigenvalue weighted by atomic mass is 10.2. The van der Waals surface area contributed by atoms with E-state index in [-0.39, 0.29) is 18.1 Å². The van der Waals surface area contributed by atoms with Crippen molar-refractivity contribution in [2.45, 2.75) is 32.2 Å². The average molecular weight is 461 g/mol. The van der Waals surface area contributed by atoms with Gasteiger partial charge in [0, 0.05) is 0 Å². The molecule has 2 rings (SSSR count). The molecule has 6 nitrogen and oxygen atoms in total. The average Bonchev–Trinajstić information content (AvgIpc) is 2.77. The molecule has 32 heavy (non-hydrogen) atoms. The van der Waals surface area contributed by atoms with Crippen molar-refractivity contribution in [1.29, 1.82) is 0 Å². The largest absolute Gasteiger partial charge is 0.481 e. The van der Waals surface area contributed by atoms with Gasteiger partial charge in [0.05, 0.1) is 52.7 Å². The summed E-state index contributed by atoms with van der Waals surface area (Å²) >= 11 is 0. The summed E-state index contributed by atoms with van der Waals surface area (Å²) in [6, 6.07) is 21.1. The van der Waals surface area contributed by atoms with Gasteiger partial charge in [-0.05, 0) is 15.4 Å². The van der Waals surface area contributed by atoms with Crippen molar-refractivity contribution in [3.8, 4) is 0 Å². The first-order chi connectivity index (χ1) is 15.4. The topological polar surface area (TPSA) is 74.2 Å². The molecule has 0 saturated carbocycles. The minimum Gasteiger partial charge on any atom is -0.481 e. The van der Waals surface area contributed by atoms with Crippen molar-refractivity contribution < 1.29 is 28.5 Å². The molecule has 0 heterocycles. The van der Waals surface area contributed by atoms with E-state index >= 15 is 0 Å². The van der Waals surface area contributed by atoms with E-state index in [4.69, 9.17) is 23.7 Å². The van der Waals surface area contributed by atoms with Gasteiger partial charge in [-0.2, -0.15) is 0 Å². The van der Waals surface area contributed by atoms with Gasteiger partial charge >= 0.3 is 5.97 Å². The highest BCUT2D eigenvalue weighted by atomic mass is 28.4. The Morgan fingerprint density at radius 1 is 0.719 bits per heavy atom. The zero-order valence-corrected chi connectivity index (χ0v) is 20.4. The van der Waals surface area contributed by atoms with E-state index in [9.17, 15) is 4.79 Å². The van der Waals surface area contributed by atoms with Crippen LogP contribution in [0.1, 0.15) is 27.2 Å². The van der Waals surface area contributed by atoms with Gasteiger partial charge in [0.25, 0.3) is 8.32 Å². The molecule has 0 aromatic heterocycles. The van der Waals surface area contributed by atoms with Gasteiger partial charge in [-0.3, -0.25) is 4.79 Å². The van der Waals surface area contributed by atoms with Crippen LogP contribution in [0.3, 0.4) is 0 Å². The summed E-state index contributed by atoms with van der Waals surface area (Å²) in [6.45, 7) is 9.70. The molecule has 0 radical (unpaired) electrons. The number of aliphatic carboxylic acids is 1. The predicted octanol–water partition coefficient (Wildman–Crippen LogP) is 3.09. The lowest BCUT2D eigenvalue weighted by Crippen LogP contribution is -2.66. The monoisotopic (exact) mass is 460 g/mol. The zero-order valence-electron chi connectivity index (χ0n) is 19.4. The van der Waals surface area contributed by atoms with Crippen molar-refractivity contribution in [3.63, 3.8) is 0 Å². The van der Waals surface area contributed by atoms with Gasteiger partial charge < -0.3 is 23.7 Å². The maximum atomic E-state index is 10.4. The quantitative estimate of drug-likeness (QED) is 0.325. The fraction of sp³-hybridized carbons (Fsp3) is 0.480. The summed E-state index contributed by atoms with van der Waals surface area (Å²) < 4.78 is 23.1. The minimum atomic E-state index is -2.52. The summed E-state index contributed by atoms with van der Waals surface area (Å²) in [5.74, 6) is -0.861. The van der Waals surface area contributed by atoms with Crippen LogP contribution in [0.4, 0.5) is 0 Å². The molecular weight excluding hydrogens is 424 g/mol. The van der Waals surface area contributed by atoms with Crippen molar-refractivity contribution in [2.75, 3.05) is 46.2 Å². The van der Waals surface area contributed by atoms with Gasteiger partial charge in [-0.1, -0.05) is 81.4 Å². The number of hydrogen-bond donors (Lipinski definition) is 1. The molecule has 1 N–H and O–H groups in total. The molecule has 0 aliphatic rings. The van der Waals surface area contributed by atoms with E-state index in [1.165, 1.54) is 10.4 Å². The fourth-order valence-electron chi connectivity index (χ4n) is 3.72. The molecule has 0 fully saturated rings. The Morgan fingerprint density at radius 2 is 1.12 bits per heavy atom. The van der Waals surface area contributed by atoms with Crippen LogP contribution in [0.15, 0.2) is 60.7 Å². The maximum Gasteiger partial charge on any atom is 0.305 e. The molecule has 7 heteroatoms. The Labute approximate surface area is 192 Å². The van der Waals surface area contributed by atoms with Crippen molar-refractivity contribution in [3.05, 3.63) is 60.7 Å². The number of carbonyl (C=O) groups is 1. The molecule has 0 unspecified atom stereocenters. The zero-order chi connectivity index (χ0) is 23.3. The summed E-state index contributed by atoms with van der Waals surface area (Å²) in [7, 11) is -2.52. The third kappa shape index (κ3) is 7.83. The first-order valence-electron chi connectivity index (χ1n) is 11.1. The molecule has 2 aromatic rings. The van der Waals surface area contributed by atoms with Crippen LogP contribution in [0.5, 0.6) is 0 Å². The molecule has 2 aromatic carbocycles. The van der Waals surface area contributed by atoms with E-state index in [1.807, 2.05) is 12.1 Å². The van der Waals surface area contributed by atoms with Crippen LogP contribution in [0.25, 0.3) is 0 Å². The van der Waals surface area contributed by atoms with Gasteiger partial charge in [0.2, 0.25) is 0 Å². The van der Waals surface area contributed by atoms with E-state index < -0.39 is 14.3 Å². The fourth-order valence-corrected chi connectivity index (χ4v) is 8.26. The maximum absolute atomic E-state index is 10.4. The van der Waals surface area contributed by atoms with E-state index in [0.717, 1.165) is 0 Å². The van der Waals surface area contributed by atoms with Crippen LogP contribution in [0.2, 0.25) is 5.04 Å². The number of carboxylic acids is 1. The molecular formula is C25H36O6Si. The highest BCUT2D eigenvalue weighted by molar-refractivity contribution is 6.99. The summed E-state index contributed by atoms with van der Waals surface area (Å²) in [5.41, 5.74) is 0. The molecule has 0 bridgehead atoms. The highest BCUT2D eigenvalue weighted by Crippen LogP contribution is 2.36. The van der Waals surface area contributed by atoms with Crippen molar-refractivity contribution >= 4 is 24.7 Å². The lowest BCUT2D eigenvalue weighted by molar-refractivity contribution is -0.138. The van der Waals surface area contributed by atoms with E-state index in [0.29, 0.717) is 39.6 Å². The standard InChI is InChI=1S/C25H36O6Si/c1-25(2,3)32(22-10-6-4-7-11-22,23-12-8-5-9-13-23)31-21-20-30-19-18-29-17-16-28-15-14-24(26)27/h4-13H,14-21H2,1-3H3,(H,26,27). The highest BCUT2D eigenvalue weighted by Gasteiger charge is 2.49. The molecule has 0 saturated heterocycles. The van der Waals surface area contributed by atoms with E-state index in [1.54, 1.807) is 0 Å². The molecule has 176 valence electrons. The molecule has 0 amide bonds. The van der Waals surface area contributed by atoms with Gasteiger partial charge in [0.1, 0.15) is 0 Å². The van der Waals surface area contributed by atoms with Gasteiger partial charge in [0.15, 0.2) is 0 Å². The number of ether oxygens (including phenoxy) is 3. The predicted molar refractivity (Wildman–Crippen MR) is 128 cm³/mol. The summed E-state index contributed by atoms with van der Waals surface area (Å²) in [6.07, 6.45) is 0.00838. The smallest absolute Gasteiger partial charge is 0.305 e. The number of benzene rings is 2. The van der Waals surface area contributed by atoms with Crippen LogP contribution in [0, 0.1) is 0 Å². The summed E-state index contributed by atoms with van der Waals surface area (Å²) in [4.78, 5) is 10.4. The van der Waals surface area contributed by atoms with Gasteiger partial charge in [-0.15, -0.1) is 0 Å². The third-order valence-corrected chi connectivity index (χ3v) is 10.2. The Hall–Kier alpha value is -2.03. The van der Waals surface area contributed by atoms with Crippen LogP contribution >= 0.6 is 0 Å². The normalized spacial score (nSPS) is 12.1. The van der Waals surface area contributed by atoms with Crippen molar-refractivity contribution in [1.82, 2.24) is 0 Å². The second-order valence-electron chi connectivity index (χ2n) is 8.49. The number of rotatable bonds is 15. The minimum absolute atomic E-state index is 0.00838. The lowest BCUT2D eigenvalue weighted by Gasteiger charge is -2.43. The Morgan fingerprint density at radius 3 is 1.53 bits per heavy atom. The SMILES string of the molecule is CC(C)(C)[Si](OCCOCCOCCOCCC(=O)O)(c1ccccc1)c1ccccc1. The Balaban J connectivity index is 1.84. The summed E-state index contributed by atoms with van der Waals surface area (Å²) in [5, 5.41) is 11.0. The molecule has 0 aliphatic carbocycles. The molecule has 0 atom stereocenters. The number of hydrogen-bond acceptors (Lipinski definition) is 5. The van der Waals surface area contributed by atoms with Crippen LogP contribution in [-0.2, 0) is 23.4 Å². The Kier molecular flexibility index (Phi) is 11.1. The molecule has 0 spiro atoms. The molecule has 0 aliphatic heterocycles. The number of carboxylic acid groups (broad SMARTS) is 1. The first kappa shape index (κ1) is 26.2. The van der Waals surface area contributed by atoms with E-state index in [2.05, 4.69) is 69.3 Å². The van der Waals surface area contributed by atoms with Gasteiger partial charge in [-0.25, -0.2) is 0 Å².